The molecule has 0 bridgehead atoms. The van der Waals surface area contributed by atoms with Gasteiger partial charge in [0.1, 0.15) is 0 Å². The van der Waals surface area contributed by atoms with Gasteiger partial charge < -0.3 is 5.32 Å². The van der Waals surface area contributed by atoms with Gasteiger partial charge in [0.25, 0.3) is 0 Å². The molecule has 0 aliphatic rings. The normalized spacial score (nSPS) is 10.2. The summed E-state index contributed by atoms with van der Waals surface area (Å²) in [5, 5.41) is 3.08. The van der Waals surface area contributed by atoms with E-state index in [1.54, 1.807) is 0 Å². The van der Waals surface area contributed by atoms with Crippen LogP contribution in [0.15, 0.2) is 91.0 Å². The minimum Gasteiger partial charge on any atom is -0.316 e. The summed E-state index contributed by atoms with van der Waals surface area (Å²) in [4.78, 5) is 2.32. The molecule has 0 spiro atoms. The lowest BCUT2D eigenvalue weighted by atomic mass is 10.2. The van der Waals surface area contributed by atoms with Crippen LogP contribution in [0.2, 0.25) is 0 Å². The standard InChI is InChI=1S/C15H17N.C8H11N/c1-16(12-14-8-4-2-5-9-14)13-15-10-6-3-7-11-15;1-9-7-8-5-3-2-4-6-8/h2-11H,12-13H2,1H3;2-6,9H,7H2,1H3. The van der Waals surface area contributed by atoms with E-state index in [0.717, 1.165) is 19.6 Å². The van der Waals surface area contributed by atoms with Gasteiger partial charge in [-0.15, -0.1) is 0 Å². The van der Waals surface area contributed by atoms with Crippen LogP contribution in [0.25, 0.3) is 0 Å². The van der Waals surface area contributed by atoms with Crippen LogP contribution in [0.5, 0.6) is 0 Å². The van der Waals surface area contributed by atoms with E-state index >= 15 is 0 Å². The fourth-order valence-corrected chi connectivity index (χ4v) is 2.65. The maximum absolute atomic E-state index is 3.08. The van der Waals surface area contributed by atoms with Crippen LogP contribution in [-0.2, 0) is 19.6 Å². The molecule has 0 atom stereocenters. The van der Waals surface area contributed by atoms with E-state index in [1.807, 2.05) is 25.2 Å². The Hall–Kier alpha value is -2.42. The van der Waals surface area contributed by atoms with Gasteiger partial charge in [-0.1, -0.05) is 91.0 Å². The molecule has 0 unspecified atom stereocenters. The molecule has 3 rings (SSSR count). The first-order valence-corrected chi connectivity index (χ1v) is 8.73. The molecule has 1 N–H and O–H groups in total. The predicted molar refractivity (Wildman–Crippen MR) is 107 cm³/mol. The third-order valence-electron chi connectivity index (χ3n) is 3.81. The van der Waals surface area contributed by atoms with Crippen molar-refractivity contribution in [3.05, 3.63) is 108 Å². The lowest BCUT2D eigenvalue weighted by Gasteiger charge is -2.16. The number of nitrogens with one attached hydrogen (secondary N) is 1. The van der Waals surface area contributed by atoms with Crippen LogP contribution in [0.1, 0.15) is 16.7 Å². The van der Waals surface area contributed by atoms with Crippen molar-refractivity contribution in [2.24, 2.45) is 0 Å². The van der Waals surface area contributed by atoms with Crippen LogP contribution < -0.4 is 5.32 Å². The zero-order chi connectivity index (χ0) is 17.7. The molecule has 25 heavy (non-hydrogen) atoms. The summed E-state index contributed by atoms with van der Waals surface area (Å²) in [6.07, 6.45) is 0. The van der Waals surface area contributed by atoms with Gasteiger partial charge in [-0.2, -0.15) is 0 Å². The van der Waals surface area contributed by atoms with Gasteiger partial charge in [-0.25, -0.2) is 0 Å². The van der Waals surface area contributed by atoms with E-state index in [1.165, 1.54) is 16.7 Å². The number of nitrogens with zero attached hydrogens (tertiary/aromatic N) is 1. The molecule has 0 saturated heterocycles. The molecule has 2 heteroatoms. The van der Waals surface area contributed by atoms with Crippen molar-refractivity contribution in [3.8, 4) is 0 Å². The Balaban J connectivity index is 0.000000212. The molecule has 0 radical (unpaired) electrons. The summed E-state index contributed by atoms with van der Waals surface area (Å²) in [6.45, 7) is 2.95. The molecule has 0 aliphatic heterocycles. The Kier molecular flexibility index (Phi) is 8.46. The van der Waals surface area contributed by atoms with Gasteiger partial charge in [0.15, 0.2) is 0 Å². The molecule has 0 fully saturated rings. The molecule has 3 aromatic carbocycles. The van der Waals surface area contributed by atoms with Gasteiger partial charge in [-0.05, 0) is 30.8 Å². The van der Waals surface area contributed by atoms with Crippen molar-refractivity contribution in [1.82, 2.24) is 10.2 Å². The number of rotatable bonds is 6. The molecule has 0 heterocycles. The van der Waals surface area contributed by atoms with Crippen molar-refractivity contribution < 1.29 is 0 Å². The first-order chi connectivity index (χ1) is 12.3. The van der Waals surface area contributed by atoms with Gasteiger partial charge >= 0.3 is 0 Å². The molecule has 3 aromatic rings. The van der Waals surface area contributed by atoms with Crippen molar-refractivity contribution in [1.29, 1.82) is 0 Å². The Labute approximate surface area is 152 Å². The van der Waals surface area contributed by atoms with Crippen LogP contribution in [0.3, 0.4) is 0 Å². The molecular formula is C23H28N2. The smallest absolute Gasteiger partial charge is 0.0234 e. The first-order valence-electron chi connectivity index (χ1n) is 8.73. The maximum Gasteiger partial charge on any atom is 0.0234 e. The Morgan fingerprint density at radius 2 is 0.960 bits per heavy atom. The van der Waals surface area contributed by atoms with E-state index in [0.29, 0.717) is 0 Å². The molecule has 0 aromatic heterocycles. The summed E-state index contributed by atoms with van der Waals surface area (Å²) in [5.41, 5.74) is 4.06. The highest BCUT2D eigenvalue weighted by atomic mass is 15.1. The number of benzene rings is 3. The SMILES string of the molecule is CN(Cc1ccccc1)Cc1ccccc1.CNCc1ccccc1. The van der Waals surface area contributed by atoms with Crippen LogP contribution >= 0.6 is 0 Å². The predicted octanol–water partition coefficient (Wildman–Crippen LogP) is 4.72. The summed E-state index contributed by atoms with van der Waals surface area (Å²) in [5.74, 6) is 0. The fourth-order valence-electron chi connectivity index (χ4n) is 2.65. The average Bonchev–Trinajstić information content (AvgIpc) is 2.65. The fraction of sp³-hybridized carbons (Fsp3) is 0.217. The minimum atomic E-state index is 0.959. The highest BCUT2D eigenvalue weighted by Crippen LogP contribution is 2.07. The van der Waals surface area contributed by atoms with Crippen LogP contribution in [-0.4, -0.2) is 19.0 Å². The molecule has 0 amide bonds. The van der Waals surface area contributed by atoms with Crippen molar-refractivity contribution >= 4 is 0 Å². The topological polar surface area (TPSA) is 15.3 Å². The first kappa shape index (κ1) is 18.9. The van der Waals surface area contributed by atoms with E-state index in [2.05, 4.69) is 90.1 Å². The van der Waals surface area contributed by atoms with Crippen molar-refractivity contribution in [2.75, 3.05) is 14.1 Å². The highest BCUT2D eigenvalue weighted by molar-refractivity contribution is 5.17. The van der Waals surface area contributed by atoms with E-state index < -0.39 is 0 Å². The lowest BCUT2D eigenvalue weighted by Crippen LogP contribution is -2.16. The van der Waals surface area contributed by atoms with E-state index in [-0.39, 0.29) is 0 Å². The Morgan fingerprint density at radius 1 is 0.600 bits per heavy atom. The number of hydrogen-bond acceptors (Lipinski definition) is 2. The third-order valence-corrected chi connectivity index (χ3v) is 3.81. The average molecular weight is 332 g/mol. The zero-order valence-corrected chi connectivity index (χ0v) is 15.2. The minimum absolute atomic E-state index is 0.959. The Morgan fingerprint density at radius 3 is 1.32 bits per heavy atom. The van der Waals surface area contributed by atoms with E-state index in [9.17, 15) is 0 Å². The maximum atomic E-state index is 3.08. The quantitative estimate of drug-likeness (QED) is 0.702. The molecule has 0 saturated carbocycles. The monoisotopic (exact) mass is 332 g/mol. The largest absolute Gasteiger partial charge is 0.316 e. The molecule has 130 valence electrons. The Bertz CT molecular complexity index is 640. The lowest BCUT2D eigenvalue weighted by molar-refractivity contribution is 0.319. The molecule has 2 nitrogen and oxygen atoms in total. The van der Waals surface area contributed by atoms with E-state index in [4.69, 9.17) is 0 Å². The van der Waals surface area contributed by atoms with Crippen LogP contribution in [0.4, 0.5) is 0 Å². The highest BCUT2D eigenvalue weighted by Gasteiger charge is 2.00. The summed E-state index contributed by atoms with van der Waals surface area (Å²) < 4.78 is 0. The summed E-state index contributed by atoms with van der Waals surface area (Å²) in [7, 11) is 4.10. The van der Waals surface area contributed by atoms with Crippen LogP contribution in [0, 0.1) is 0 Å². The van der Waals surface area contributed by atoms with Gasteiger partial charge in [-0.3, -0.25) is 4.90 Å². The van der Waals surface area contributed by atoms with Crippen molar-refractivity contribution in [3.63, 3.8) is 0 Å². The second-order valence-corrected chi connectivity index (χ2v) is 6.16. The molecular weight excluding hydrogens is 304 g/mol. The summed E-state index contributed by atoms with van der Waals surface area (Å²) >= 11 is 0. The number of hydrogen-bond donors (Lipinski definition) is 1. The summed E-state index contributed by atoms with van der Waals surface area (Å²) in [6, 6.07) is 31.5. The third kappa shape index (κ3) is 7.79. The molecule has 0 aliphatic carbocycles. The second kappa shape index (κ2) is 11.2. The van der Waals surface area contributed by atoms with Gasteiger partial charge in [0.05, 0.1) is 0 Å². The zero-order valence-electron chi connectivity index (χ0n) is 15.2. The van der Waals surface area contributed by atoms with Crippen molar-refractivity contribution in [2.45, 2.75) is 19.6 Å². The van der Waals surface area contributed by atoms with Gasteiger partial charge in [0, 0.05) is 19.6 Å². The van der Waals surface area contributed by atoms with Gasteiger partial charge in [0.2, 0.25) is 0 Å². The second-order valence-electron chi connectivity index (χ2n) is 6.16.